The van der Waals surface area contributed by atoms with Crippen LogP contribution in [0.2, 0.25) is 0 Å². The Morgan fingerprint density at radius 2 is 2.00 bits per heavy atom. The molecule has 3 heterocycles. The van der Waals surface area contributed by atoms with Crippen molar-refractivity contribution in [1.29, 1.82) is 0 Å². The highest BCUT2D eigenvalue weighted by Crippen LogP contribution is 2.36. The van der Waals surface area contributed by atoms with Crippen molar-refractivity contribution in [2.24, 2.45) is 0 Å². The highest BCUT2D eigenvalue weighted by atomic mass is 31.2. The van der Waals surface area contributed by atoms with Crippen LogP contribution in [0, 0.1) is 5.82 Å². The summed E-state index contributed by atoms with van der Waals surface area (Å²) in [5.41, 5.74) is 3.35. The third-order valence-electron chi connectivity index (χ3n) is 5.03. The van der Waals surface area contributed by atoms with Gasteiger partial charge in [-0.25, -0.2) is 19.0 Å². The summed E-state index contributed by atoms with van der Waals surface area (Å²) in [4.78, 5) is 13.2. The summed E-state index contributed by atoms with van der Waals surface area (Å²) in [7, 11) is -2.69. The average Bonchev–Trinajstić information content (AvgIpc) is 3.15. The first-order valence-corrected chi connectivity index (χ1v) is 12.5. The summed E-state index contributed by atoms with van der Waals surface area (Å²) in [6.45, 7) is 3.54. The topological polar surface area (TPSA) is 98.5 Å². The summed E-state index contributed by atoms with van der Waals surface area (Å²) in [5.74, 6) is -0.0954. The third kappa shape index (κ3) is 3.94. The van der Waals surface area contributed by atoms with Crippen LogP contribution in [0.1, 0.15) is 6.99 Å². The Kier molecular flexibility index (Phi) is 4.90. The lowest BCUT2D eigenvalue weighted by Gasteiger charge is -2.11. The van der Waals surface area contributed by atoms with Crippen LogP contribution in [0.3, 0.4) is 0 Å². The number of benzene rings is 2. The lowest BCUT2D eigenvalue weighted by Crippen LogP contribution is -2.09. The number of pyridine rings is 1. The third-order valence-corrected chi connectivity index (χ3v) is 6.55. The minimum atomic E-state index is -2.69. The second kappa shape index (κ2) is 7.76. The number of aromatic nitrogens is 6. The predicted molar refractivity (Wildman–Crippen MR) is 125 cm³/mol. The fourth-order valence-corrected chi connectivity index (χ4v) is 4.50. The first-order valence-electron chi connectivity index (χ1n) is 9.89. The van der Waals surface area contributed by atoms with Crippen molar-refractivity contribution in [2.45, 2.75) is 6.54 Å². The minimum Gasteiger partial charge on any atom is -0.339 e. The van der Waals surface area contributed by atoms with Crippen LogP contribution in [0.15, 0.2) is 60.9 Å². The minimum absolute atomic E-state index is 0. The van der Waals surface area contributed by atoms with Crippen LogP contribution < -0.4 is 10.6 Å². The van der Waals surface area contributed by atoms with E-state index in [0.717, 1.165) is 16.5 Å². The van der Waals surface area contributed by atoms with E-state index < -0.39 is 13.0 Å². The Bertz CT molecular complexity index is 1520. The van der Waals surface area contributed by atoms with Gasteiger partial charge in [-0.3, -0.25) is 4.98 Å². The van der Waals surface area contributed by atoms with Crippen molar-refractivity contribution in [2.75, 3.05) is 18.6 Å². The highest BCUT2D eigenvalue weighted by molar-refractivity contribution is 7.70. The van der Waals surface area contributed by atoms with Gasteiger partial charge in [-0.2, -0.15) is 0 Å². The maximum Gasteiger partial charge on any atom is 0.221 e. The number of halogens is 1. The van der Waals surface area contributed by atoms with Crippen molar-refractivity contribution in [3.05, 3.63) is 72.3 Å². The van der Waals surface area contributed by atoms with Gasteiger partial charge >= 0.3 is 0 Å². The maximum atomic E-state index is 14.4. The van der Waals surface area contributed by atoms with Gasteiger partial charge in [0.15, 0.2) is 11.5 Å². The fraction of sp³-hybridized carbons (Fsp3) is 0.136. The van der Waals surface area contributed by atoms with Crippen LogP contribution in [-0.2, 0) is 11.1 Å². The van der Waals surface area contributed by atoms with Gasteiger partial charge in [0.2, 0.25) is 5.65 Å². The summed E-state index contributed by atoms with van der Waals surface area (Å²) in [6, 6.07) is 14.4. The molecule has 0 aliphatic rings. The number of hydrogen-bond acceptors (Lipinski definition) is 7. The normalized spacial score (nSPS) is 11.8. The van der Waals surface area contributed by atoms with Gasteiger partial charge in [-0.1, -0.05) is 17.3 Å². The van der Waals surface area contributed by atoms with Crippen LogP contribution >= 0.6 is 7.14 Å². The first-order chi connectivity index (χ1) is 15.4. The van der Waals surface area contributed by atoms with Crippen molar-refractivity contribution in [3.8, 4) is 0 Å². The van der Waals surface area contributed by atoms with Crippen LogP contribution in [-0.4, -0.2) is 43.3 Å². The van der Waals surface area contributed by atoms with Gasteiger partial charge in [0, 0.05) is 24.0 Å². The lowest BCUT2D eigenvalue weighted by molar-refractivity contribution is 0.585. The van der Waals surface area contributed by atoms with Gasteiger partial charge in [0.25, 0.3) is 0 Å². The summed E-state index contributed by atoms with van der Waals surface area (Å²) < 4.78 is 28.2. The molecule has 2 aromatic carbocycles. The zero-order valence-corrected chi connectivity index (χ0v) is 18.3. The molecule has 0 saturated heterocycles. The van der Waals surface area contributed by atoms with E-state index in [0.29, 0.717) is 29.3 Å². The van der Waals surface area contributed by atoms with Crippen molar-refractivity contribution >= 4 is 46.1 Å². The quantitative estimate of drug-likeness (QED) is 0.402. The Hall–Kier alpha value is -3.71. The number of nitrogens with one attached hydrogen (secondary N) is 1. The number of hydrogen-bond donors (Lipinski definition) is 1. The maximum absolute atomic E-state index is 14.4. The van der Waals surface area contributed by atoms with E-state index in [1.165, 1.54) is 31.7 Å². The molecule has 0 saturated carbocycles. The fourth-order valence-electron chi connectivity index (χ4n) is 3.49. The van der Waals surface area contributed by atoms with E-state index in [2.05, 4.69) is 36.6 Å². The molecule has 1 N–H and O–H groups in total. The summed E-state index contributed by atoms with van der Waals surface area (Å²) in [6.07, 6.45) is 3.28. The van der Waals surface area contributed by atoms with Gasteiger partial charge in [0.05, 0.1) is 18.3 Å². The lowest BCUT2D eigenvalue weighted by atomic mass is 10.1. The molecule has 0 aliphatic heterocycles. The van der Waals surface area contributed by atoms with E-state index in [9.17, 15) is 8.96 Å². The standard InChI is InChI=1S/C22H19FN7OP.H2/c1-32(2,31)19-8-6-16(11-17(19)23)26-20-12-25-21-22(27-20)30(29-28-21)13-14-5-7-18-15(10-14)4-3-9-24-18;/h3-12H,13H2,1-2H3,(H,26,27);1H. The van der Waals surface area contributed by atoms with Crippen molar-refractivity contribution < 1.29 is 10.4 Å². The molecule has 162 valence electrons. The van der Waals surface area contributed by atoms with Gasteiger partial charge < -0.3 is 9.88 Å². The van der Waals surface area contributed by atoms with Crippen molar-refractivity contribution in [1.82, 2.24) is 29.9 Å². The zero-order valence-electron chi connectivity index (χ0n) is 17.4. The number of rotatable bonds is 5. The second-order valence-electron chi connectivity index (χ2n) is 7.82. The molecule has 10 heteroatoms. The molecule has 0 radical (unpaired) electrons. The molecule has 3 aromatic heterocycles. The molecule has 0 bridgehead atoms. The Morgan fingerprint density at radius 1 is 1.12 bits per heavy atom. The number of anilines is 2. The number of fused-ring (bicyclic) bond motifs is 2. The molecule has 0 unspecified atom stereocenters. The molecule has 0 aliphatic carbocycles. The number of nitrogens with zero attached hydrogens (tertiary/aromatic N) is 6. The van der Waals surface area contributed by atoms with Crippen LogP contribution in [0.4, 0.5) is 15.9 Å². The Morgan fingerprint density at radius 3 is 2.81 bits per heavy atom. The van der Waals surface area contributed by atoms with E-state index >= 15 is 0 Å². The molecule has 5 aromatic rings. The van der Waals surface area contributed by atoms with Gasteiger partial charge in [-0.15, -0.1) is 5.10 Å². The van der Waals surface area contributed by atoms with E-state index in [1.54, 1.807) is 16.9 Å². The molecule has 32 heavy (non-hydrogen) atoms. The monoisotopic (exact) mass is 449 g/mol. The Labute approximate surface area is 184 Å². The van der Waals surface area contributed by atoms with Gasteiger partial charge in [0.1, 0.15) is 13.0 Å². The molecule has 5 rings (SSSR count). The highest BCUT2D eigenvalue weighted by Gasteiger charge is 2.17. The summed E-state index contributed by atoms with van der Waals surface area (Å²) in [5, 5.41) is 12.6. The van der Waals surface area contributed by atoms with Crippen LogP contribution in [0.5, 0.6) is 0 Å². The second-order valence-corrected chi connectivity index (χ2v) is 11.0. The molecule has 0 spiro atoms. The average molecular weight is 449 g/mol. The van der Waals surface area contributed by atoms with E-state index in [1.807, 2.05) is 24.3 Å². The Balaban J connectivity index is 0.00000259. The molecule has 0 amide bonds. The summed E-state index contributed by atoms with van der Waals surface area (Å²) >= 11 is 0. The molecule has 0 fully saturated rings. The SMILES string of the molecule is CP(C)(=O)c1ccc(Nc2cnc3nnn(Cc4ccc5ncccc5c4)c3n2)cc1F.[HH]. The largest absolute Gasteiger partial charge is 0.339 e. The molecular weight excluding hydrogens is 428 g/mol. The van der Waals surface area contributed by atoms with E-state index in [4.69, 9.17) is 0 Å². The molecule has 8 nitrogen and oxygen atoms in total. The van der Waals surface area contributed by atoms with Gasteiger partial charge in [-0.05, 0) is 55.3 Å². The smallest absolute Gasteiger partial charge is 0.221 e. The molecule has 0 atom stereocenters. The predicted octanol–water partition coefficient (Wildman–Crippen LogP) is 4.19. The molecular formula is C22H21FN7OP. The first kappa shape index (κ1) is 20.2. The van der Waals surface area contributed by atoms with Crippen molar-refractivity contribution in [3.63, 3.8) is 0 Å². The zero-order chi connectivity index (χ0) is 22.3. The van der Waals surface area contributed by atoms with E-state index in [-0.39, 0.29) is 6.73 Å². The van der Waals surface area contributed by atoms with Crippen LogP contribution in [0.25, 0.3) is 22.2 Å².